The van der Waals surface area contributed by atoms with Gasteiger partial charge in [-0.3, -0.25) is 0 Å². The molecule has 2 rings (SSSR count). The summed E-state index contributed by atoms with van der Waals surface area (Å²) >= 11 is 11.2. The third-order valence-electron chi connectivity index (χ3n) is 1.89. The van der Waals surface area contributed by atoms with Crippen molar-refractivity contribution in [3.63, 3.8) is 0 Å². The van der Waals surface area contributed by atoms with Crippen LogP contribution in [0.1, 0.15) is 5.56 Å². The van der Waals surface area contributed by atoms with Crippen molar-refractivity contribution in [1.82, 2.24) is 15.0 Å². The number of benzene rings is 1. The van der Waals surface area contributed by atoms with Crippen molar-refractivity contribution < 1.29 is 4.74 Å². The molecule has 1 aromatic heterocycles. The first-order valence-electron chi connectivity index (χ1n) is 4.65. The van der Waals surface area contributed by atoms with Crippen LogP contribution in [0.25, 0.3) is 6.08 Å². The molecule has 17 heavy (non-hydrogen) atoms. The molecule has 2 aromatic rings. The Morgan fingerprint density at radius 2 is 1.59 bits per heavy atom. The van der Waals surface area contributed by atoms with Crippen molar-refractivity contribution in [3.8, 4) is 11.8 Å². The molecule has 0 radical (unpaired) electrons. The van der Waals surface area contributed by atoms with Crippen LogP contribution >= 0.6 is 23.2 Å². The van der Waals surface area contributed by atoms with E-state index in [-0.39, 0.29) is 16.6 Å². The molecule has 1 aromatic carbocycles. The first-order chi connectivity index (χ1) is 8.17. The fourth-order valence-electron chi connectivity index (χ4n) is 1.13. The highest BCUT2D eigenvalue weighted by Crippen LogP contribution is 2.20. The van der Waals surface area contributed by atoms with Crippen molar-refractivity contribution in [3.05, 3.63) is 47.0 Å². The molecule has 0 bridgehead atoms. The highest BCUT2D eigenvalue weighted by Gasteiger charge is 2.05. The highest BCUT2D eigenvalue weighted by molar-refractivity contribution is 6.31. The van der Waals surface area contributed by atoms with Crippen LogP contribution < -0.4 is 4.74 Å². The first kappa shape index (κ1) is 11.8. The first-order valence-corrected chi connectivity index (χ1v) is 5.40. The second kappa shape index (κ2) is 5.12. The number of ether oxygens (including phenoxy) is 1. The van der Waals surface area contributed by atoms with Gasteiger partial charge in [-0.1, -0.05) is 24.8 Å². The maximum absolute atomic E-state index is 5.62. The molecule has 0 spiro atoms. The van der Waals surface area contributed by atoms with Crippen molar-refractivity contribution in [2.24, 2.45) is 0 Å². The molecule has 0 atom stereocenters. The lowest BCUT2D eigenvalue weighted by atomic mass is 10.2. The van der Waals surface area contributed by atoms with Gasteiger partial charge in [0.2, 0.25) is 10.6 Å². The molecule has 1 heterocycles. The Hall–Kier alpha value is -1.65. The Bertz CT molecular complexity index is 523. The zero-order valence-corrected chi connectivity index (χ0v) is 10.1. The van der Waals surface area contributed by atoms with Crippen LogP contribution in [-0.4, -0.2) is 15.0 Å². The van der Waals surface area contributed by atoms with Crippen molar-refractivity contribution in [1.29, 1.82) is 0 Å². The number of halogens is 2. The summed E-state index contributed by atoms with van der Waals surface area (Å²) in [4.78, 5) is 11.2. The lowest BCUT2D eigenvalue weighted by Gasteiger charge is -2.03. The molecule has 0 N–H and O–H groups in total. The van der Waals surface area contributed by atoms with Gasteiger partial charge >= 0.3 is 6.01 Å². The van der Waals surface area contributed by atoms with E-state index in [9.17, 15) is 0 Å². The van der Waals surface area contributed by atoms with Gasteiger partial charge in [-0.15, -0.1) is 0 Å². The summed E-state index contributed by atoms with van der Waals surface area (Å²) < 4.78 is 5.37. The molecule has 0 unspecified atom stereocenters. The van der Waals surface area contributed by atoms with Crippen LogP contribution in [0, 0.1) is 0 Å². The van der Waals surface area contributed by atoms with Crippen LogP contribution in [0.2, 0.25) is 10.6 Å². The summed E-state index contributed by atoms with van der Waals surface area (Å²) in [7, 11) is 0. The average Bonchev–Trinajstić information content (AvgIpc) is 2.28. The van der Waals surface area contributed by atoms with Gasteiger partial charge in [-0.2, -0.15) is 15.0 Å². The molecular formula is C11H7Cl2N3O. The SMILES string of the molecule is C=Cc1ccc(Oc2nc(Cl)nc(Cl)n2)cc1. The third kappa shape index (κ3) is 3.15. The number of hydrogen-bond donors (Lipinski definition) is 0. The minimum absolute atomic E-state index is 0.0114. The maximum Gasteiger partial charge on any atom is 0.327 e. The largest absolute Gasteiger partial charge is 0.424 e. The molecular weight excluding hydrogens is 261 g/mol. The second-order valence-corrected chi connectivity index (χ2v) is 3.71. The minimum Gasteiger partial charge on any atom is -0.424 e. The maximum atomic E-state index is 5.62. The molecule has 4 nitrogen and oxygen atoms in total. The van der Waals surface area contributed by atoms with Crippen molar-refractivity contribution in [2.75, 3.05) is 0 Å². The molecule has 0 amide bonds. The smallest absolute Gasteiger partial charge is 0.327 e. The molecule has 0 saturated heterocycles. The average molecular weight is 268 g/mol. The van der Waals surface area contributed by atoms with Crippen LogP contribution in [0.5, 0.6) is 11.8 Å². The molecule has 0 aliphatic rings. The molecule has 0 aliphatic carbocycles. The van der Waals surface area contributed by atoms with Crippen molar-refractivity contribution in [2.45, 2.75) is 0 Å². The summed E-state index contributed by atoms with van der Waals surface area (Å²) in [6.07, 6.45) is 1.74. The summed E-state index contributed by atoms with van der Waals surface area (Å²) in [5, 5.41) is -0.0228. The minimum atomic E-state index is -0.0114. The molecule has 6 heteroatoms. The van der Waals surface area contributed by atoms with Crippen LogP contribution in [-0.2, 0) is 0 Å². The Morgan fingerprint density at radius 3 is 2.12 bits per heavy atom. The zero-order valence-electron chi connectivity index (χ0n) is 8.60. The molecule has 0 saturated carbocycles. The summed E-state index contributed by atoms with van der Waals surface area (Å²) in [6.45, 7) is 3.66. The van der Waals surface area contributed by atoms with E-state index >= 15 is 0 Å². The van der Waals surface area contributed by atoms with E-state index in [1.807, 2.05) is 12.1 Å². The lowest BCUT2D eigenvalue weighted by molar-refractivity contribution is 0.439. The Morgan fingerprint density at radius 1 is 1.00 bits per heavy atom. The number of aromatic nitrogens is 3. The van der Waals surface area contributed by atoms with E-state index in [0.29, 0.717) is 5.75 Å². The quantitative estimate of drug-likeness (QED) is 0.853. The van der Waals surface area contributed by atoms with Gasteiger partial charge in [-0.05, 0) is 40.9 Å². The Labute approximate surface area is 108 Å². The molecule has 0 fully saturated rings. The van der Waals surface area contributed by atoms with Crippen LogP contribution in [0.3, 0.4) is 0 Å². The summed E-state index contributed by atoms with van der Waals surface area (Å²) in [5.41, 5.74) is 0.990. The molecule has 86 valence electrons. The van der Waals surface area contributed by atoms with Gasteiger partial charge in [0.25, 0.3) is 0 Å². The van der Waals surface area contributed by atoms with Gasteiger partial charge in [0, 0.05) is 0 Å². The predicted molar refractivity (Wildman–Crippen MR) is 66.5 cm³/mol. The standard InChI is InChI=1S/C11H7Cl2N3O/c1-2-7-3-5-8(6-4-7)17-11-15-9(12)14-10(13)16-11/h2-6H,1H2. The van der Waals surface area contributed by atoms with Crippen LogP contribution in [0.15, 0.2) is 30.8 Å². The van der Waals surface area contributed by atoms with E-state index in [1.165, 1.54) is 0 Å². The summed E-state index contributed by atoms with van der Waals surface area (Å²) in [6, 6.07) is 7.30. The Kier molecular flexibility index (Phi) is 3.56. The van der Waals surface area contributed by atoms with Gasteiger partial charge in [0.1, 0.15) is 5.75 Å². The third-order valence-corrected chi connectivity index (χ3v) is 2.22. The second-order valence-electron chi connectivity index (χ2n) is 3.03. The van der Waals surface area contributed by atoms with E-state index in [2.05, 4.69) is 21.5 Å². The van der Waals surface area contributed by atoms with Crippen molar-refractivity contribution >= 4 is 29.3 Å². The topological polar surface area (TPSA) is 47.9 Å². The Balaban J connectivity index is 2.21. The van der Waals surface area contributed by atoms with E-state index < -0.39 is 0 Å². The normalized spacial score (nSPS) is 10.0. The summed E-state index contributed by atoms with van der Waals surface area (Å²) in [5.74, 6) is 0.578. The molecule has 0 aliphatic heterocycles. The fourth-order valence-corrected chi connectivity index (χ4v) is 1.48. The van der Waals surface area contributed by atoms with Gasteiger partial charge in [0.15, 0.2) is 0 Å². The zero-order chi connectivity index (χ0) is 12.3. The van der Waals surface area contributed by atoms with Gasteiger partial charge in [-0.25, -0.2) is 0 Å². The van der Waals surface area contributed by atoms with Gasteiger partial charge < -0.3 is 4.74 Å². The number of hydrogen-bond acceptors (Lipinski definition) is 4. The lowest BCUT2D eigenvalue weighted by Crippen LogP contribution is -1.95. The van der Waals surface area contributed by atoms with Crippen LogP contribution in [0.4, 0.5) is 0 Å². The van der Waals surface area contributed by atoms with E-state index in [1.54, 1.807) is 18.2 Å². The highest BCUT2D eigenvalue weighted by atomic mass is 35.5. The predicted octanol–water partition coefficient (Wildman–Crippen LogP) is 3.61. The number of nitrogens with zero attached hydrogens (tertiary/aromatic N) is 3. The van der Waals surface area contributed by atoms with Gasteiger partial charge in [0.05, 0.1) is 0 Å². The van der Waals surface area contributed by atoms with E-state index in [0.717, 1.165) is 5.56 Å². The fraction of sp³-hybridized carbons (Fsp3) is 0. The van der Waals surface area contributed by atoms with E-state index in [4.69, 9.17) is 27.9 Å². The number of rotatable bonds is 3. The monoisotopic (exact) mass is 267 g/mol.